The number of amides is 3. The second kappa shape index (κ2) is 7.28. The van der Waals surface area contributed by atoms with Crippen LogP contribution in [0.4, 0.5) is 4.79 Å². The molecule has 0 saturated heterocycles. The van der Waals surface area contributed by atoms with Gasteiger partial charge in [0, 0.05) is 6.04 Å². The highest BCUT2D eigenvalue weighted by Crippen LogP contribution is 2.23. The van der Waals surface area contributed by atoms with Gasteiger partial charge < -0.3 is 5.32 Å². The Balaban J connectivity index is 1.69. The summed E-state index contributed by atoms with van der Waals surface area (Å²) in [6, 6.07) is -0.245. The molecular weight excluding hydrogens is 278 g/mol. The molecule has 1 aliphatic carbocycles. The van der Waals surface area contributed by atoms with Crippen molar-refractivity contribution < 1.29 is 9.59 Å². The van der Waals surface area contributed by atoms with Crippen molar-refractivity contribution in [2.45, 2.75) is 43.8 Å². The van der Waals surface area contributed by atoms with Crippen molar-refractivity contribution in [1.29, 1.82) is 0 Å². The van der Waals surface area contributed by atoms with Crippen molar-refractivity contribution in [3.8, 4) is 0 Å². The third kappa shape index (κ3) is 4.52. The summed E-state index contributed by atoms with van der Waals surface area (Å²) in [7, 11) is 0. The van der Waals surface area contributed by atoms with Gasteiger partial charge in [-0.15, -0.1) is 0 Å². The zero-order valence-electron chi connectivity index (χ0n) is 11.4. The summed E-state index contributed by atoms with van der Waals surface area (Å²) in [6.45, 7) is 2.13. The maximum Gasteiger partial charge on any atom is 0.321 e. The first-order chi connectivity index (χ1) is 9.65. The standard InChI is InChI=1S/C12H19N5O2S/c1-8-4-2-3-5-9(8)15-11(19)16-10(18)6-20-12-13-7-14-17-12/h7-9H,2-6H2,1H3,(H,13,14,17)(H2,15,16,18,19). The molecule has 7 nitrogen and oxygen atoms in total. The molecule has 0 bridgehead atoms. The Bertz CT molecular complexity index is 451. The molecule has 110 valence electrons. The van der Waals surface area contributed by atoms with E-state index in [0.717, 1.165) is 19.3 Å². The van der Waals surface area contributed by atoms with Crippen LogP contribution in [-0.2, 0) is 4.79 Å². The molecule has 0 radical (unpaired) electrons. The third-order valence-electron chi connectivity index (χ3n) is 3.41. The average molecular weight is 297 g/mol. The lowest BCUT2D eigenvalue weighted by molar-refractivity contribution is -0.117. The molecular formula is C12H19N5O2S. The summed E-state index contributed by atoms with van der Waals surface area (Å²) in [6.07, 6.45) is 5.82. The first kappa shape index (κ1) is 14.8. The second-order valence-corrected chi connectivity index (χ2v) is 5.93. The van der Waals surface area contributed by atoms with Crippen LogP contribution in [0.2, 0.25) is 0 Å². The topological polar surface area (TPSA) is 99.8 Å². The lowest BCUT2D eigenvalue weighted by Crippen LogP contribution is -2.48. The fourth-order valence-corrected chi connectivity index (χ4v) is 2.87. The van der Waals surface area contributed by atoms with Gasteiger partial charge in [-0.05, 0) is 18.8 Å². The number of aromatic amines is 1. The molecule has 1 aliphatic rings. The van der Waals surface area contributed by atoms with Crippen molar-refractivity contribution in [1.82, 2.24) is 25.8 Å². The summed E-state index contributed by atoms with van der Waals surface area (Å²) in [5.41, 5.74) is 0. The quantitative estimate of drug-likeness (QED) is 0.727. The zero-order chi connectivity index (χ0) is 14.4. The van der Waals surface area contributed by atoms with Crippen LogP contribution in [0.5, 0.6) is 0 Å². The Morgan fingerprint density at radius 3 is 2.95 bits per heavy atom. The van der Waals surface area contributed by atoms with Gasteiger partial charge in [-0.3, -0.25) is 15.2 Å². The van der Waals surface area contributed by atoms with Crippen LogP contribution in [0.25, 0.3) is 0 Å². The average Bonchev–Trinajstić information content (AvgIpc) is 2.92. The highest BCUT2D eigenvalue weighted by molar-refractivity contribution is 7.99. The molecule has 0 aliphatic heterocycles. The highest BCUT2D eigenvalue weighted by atomic mass is 32.2. The minimum Gasteiger partial charge on any atom is -0.335 e. The van der Waals surface area contributed by atoms with Crippen LogP contribution in [0.1, 0.15) is 32.6 Å². The number of aromatic nitrogens is 3. The molecule has 3 N–H and O–H groups in total. The van der Waals surface area contributed by atoms with Crippen molar-refractivity contribution in [3.05, 3.63) is 6.33 Å². The van der Waals surface area contributed by atoms with E-state index in [-0.39, 0.29) is 17.7 Å². The molecule has 20 heavy (non-hydrogen) atoms. The van der Waals surface area contributed by atoms with Crippen LogP contribution in [0.3, 0.4) is 0 Å². The minimum absolute atomic E-state index is 0.128. The Morgan fingerprint density at radius 2 is 2.25 bits per heavy atom. The predicted octanol–water partition coefficient (Wildman–Crippen LogP) is 1.30. The van der Waals surface area contributed by atoms with E-state index in [2.05, 4.69) is 32.7 Å². The Morgan fingerprint density at radius 1 is 1.45 bits per heavy atom. The number of urea groups is 1. The molecule has 8 heteroatoms. The number of carbonyl (C=O) groups excluding carboxylic acids is 2. The molecule has 1 aromatic heterocycles. The van der Waals surface area contributed by atoms with Gasteiger partial charge in [0.05, 0.1) is 5.75 Å². The summed E-state index contributed by atoms with van der Waals surface area (Å²) >= 11 is 1.20. The number of nitrogens with zero attached hydrogens (tertiary/aromatic N) is 2. The van der Waals surface area contributed by atoms with Gasteiger partial charge in [0.25, 0.3) is 0 Å². The van der Waals surface area contributed by atoms with Crippen molar-refractivity contribution in [2.24, 2.45) is 5.92 Å². The fourth-order valence-electron chi connectivity index (χ4n) is 2.30. The first-order valence-corrected chi connectivity index (χ1v) is 7.72. The molecule has 2 atom stereocenters. The van der Waals surface area contributed by atoms with E-state index in [1.807, 2.05) is 0 Å². The minimum atomic E-state index is -0.410. The van der Waals surface area contributed by atoms with Crippen LogP contribution in [0, 0.1) is 5.92 Å². The number of H-pyrrole nitrogens is 1. The second-order valence-electron chi connectivity index (χ2n) is 4.97. The summed E-state index contributed by atoms with van der Waals surface area (Å²) in [4.78, 5) is 27.2. The summed E-state index contributed by atoms with van der Waals surface area (Å²) in [5.74, 6) is 0.253. The first-order valence-electron chi connectivity index (χ1n) is 6.73. The van der Waals surface area contributed by atoms with Crippen LogP contribution < -0.4 is 10.6 Å². The molecule has 1 heterocycles. The van der Waals surface area contributed by atoms with Gasteiger partial charge in [-0.1, -0.05) is 31.5 Å². The summed E-state index contributed by atoms with van der Waals surface area (Å²) in [5, 5.41) is 12.1. The number of rotatable bonds is 4. The molecule has 1 fully saturated rings. The Labute approximate surface area is 121 Å². The number of thioether (sulfide) groups is 1. The predicted molar refractivity (Wildman–Crippen MR) is 75.2 cm³/mol. The number of hydrogen-bond donors (Lipinski definition) is 3. The van der Waals surface area contributed by atoms with Gasteiger partial charge in [0.15, 0.2) is 5.16 Å². The maximum absolute atomic E-state index is 11.7. The van der Waals surface area contributed by atoms with Gasteiger partial charge in [-0.25, -0.2) is 9.78 Å². The lowest BCUT2D eigenvalue weighted by Gasteiger charge is -2.29. The van der Waals surface area contributed by atoms with Crippen molar-refractivity contribution in [2.75, 3.05) is 5.75 Å². The van der Waals surface area contributed by atoms with Gasteiger partial charge in [0.2, 0.25) is 5.91 Å². The molecule has 0 aromatic carbocycles. The third-order valence-corrected chi connectivity index (χ3v) is 4.29. The lowest BCUT2D eigenvalue weighted by atomic mass is 9.86. The van der Waals surface area contributed by atoms with E-state index in [1.54, 1.807) is 0 Å². The van der Waals surface area contributed by atoms with E-state index in [4.69, 9.17) is 0 Å². The molecule has 1 aromatic rings. The van der Waals surface area contributed by atoms with Gasteiger partial charge >= 0.3 is 6.03 Å². The van der Waals surface area contributed by atoms with Crippen LogP contribution in [-0.4, -0.2) is 38.9 Å². The van der Waals surface area contributed by atoms with Crippen LogP contribution in [0.15, 0.2) is 11.5 Å². The van der Waals surface area contributed by atoms with E-state index in [1.165, 1.54) is 24.5 Å². The van der Waals surface area contributed by atoms with E-state index in [0.29, 0.717) is 11.1 Å². The number of imide groups is 1. The van der Waals surface area contributed by atoms with E-state index in [9.17, 15) is 9.59 Å². The highest BCUT2D eigenvalue weighted by Gasteiger charge is 2.23. The molecule has 3 amide bonds. The van der Waals surface area contributed by atoms with Gasteiger partial charge in [0.1, 0.15) is 6.33 Å². The molecule has 2 rings (SSSR count). The number of nitrogens with one attached hydrogen (secondary N) is 3. The molecule has 2 unspecified atom stereocenters. The Hall–Kier alpha value is -1.57. The Kier molecular flexibility index (Phi) is 5.40. The number of hydrogen-bond acceptors (Lipinski definition) is 5. The monoisotopic (exact) mass is 297 g/mol. The van der Waals surface area contributed by atoms with Crippen molar-refractivity contribution in [3.63, 3.8) is 0 Å². The molecule has 1 saturated carbocycles. The number of carbonyl (C=O) groups is 2. The van der Waals surface area contributed by atoms with Crippen LogP contribution >= 0.6 is 11.8 Å². The summed E-state index contributed by atoms with van der Waals surface area (Å²) < 4.78 is 0. The SMILES string of the molecule is CC1CCCCC1NC(=O)NC(=O)CSc1ncn[nH]1. The molecule has 0 spiro atoms. The maximum atomic E-state index is 11.7. The van der Waals surface area contributed by atoms with E-state index < -0.39 is 6.03 Å². The largest absolute Gasteiger partial charge is 0.335 e. The fraction of sp³-hybridized carbons (Fsp3) is 0.667. The zero-order valence-corrected chi connectivity index (χ0v) is 12.2. The van der Waals surface area contributed by atoms with Gasteiger partial charge in [-0.2, -0.15) is 5.10 Å². The smallest absolute Gasteiger partial charge is 0.321 e. The van der Waals surface area contributed by atoms with E-state index >= 15 is 0 Å². The van der Waals surface area contributed by atoms with Crippen molar-refractivity contribution >= 4 is 23.7 Å². The normalized spacial score (nSPS) is 22.2.